The lowest BCUT2D eigenvalue weighted by atomic mass is 10.1. The van der Waals surface area contributed by atoms with Gasteiger partial charge in [-0.3, -0.25) is 4.79 Å². The van der Waals surface area contributed by atoms with Gasteiger partial charge in [-0.05, 0) is 42.3 Å². The van der Waals surface area contributed by atoms with Crippen LogP contribution in [0.4, 0.5) is 5.69 Å². The van der Waals surface area contributed by atoms with Gasteiger partial charge in [-0.15, -0.1) is 0 Å². The summed E-state index contributed by atoms with van der Waals surface area (Å²) >= 11 is 3.40. The number of anilines is 1. The number of ether oxygens (including phenoxy) is 3. The Balaban J connectivity index is 2.05. The molecular weight excluding hydrogens is 402 g/mol. The van der Waals surface area contributed by atoms with Gasteiger partial charge in [-0.1, -0.05) is 28.9 Å². The molecule has 0 radical (unpaired) electrons. The van der Waals surface area contributed by atoms with Crippen molar-refractivity contribution in [3.8, 4) is 11.5 Å². The molecule has 138 valence electrons. The summed E-state index contributed by atoms with van der Waals surface area (Å²) in [5.41, 5.74) is 1.81. The number of rotatable bonds is 7. The highest BCUT2D eigenvalue weighted by atomic mass is 79.9. The molecule has 0 aliphatic rings. The van der Waals surface area contributed by atoms with Crippen molar-refractivity contribution in [2.75, 3.05) is 26.1 Å². The lowest BCUT2D eigenvalue weighted by molar-refractivity contribution is -0.119. The summed E-state index contributed by atoms with van der Waals surface area (Å²) in [6.45, 7) is 1.57. The Bertz CT molecular complexity index is 784. The van der Waals surface area contributed by atoms with Crippen molar-refractivity contribution in [2.24, 2.45) is 0 Å². The van der Waals surface area contributed by atoms with E-state index in [1.54, 1.807) is 24.3 Å². The maximum atomic E-state index is 12.4. The minimum atomic E-state index is -0.694. The summed E-state index contributed by atoms with van der Waals surface area (Å²) in [7, 11) is 2.89. The minimum absolute atomic E-state index is 0.142. The molecule has 6 nitrogen and oxygen atoms in total. The van der Waals surface area contributed by atoms with Gasteiger partial charge in [0.05, 0.1) is 14.2 Å². The second kappa shape index (κ2) is 9.24. The fraction of sp³-hybridized carbons (Fsp3) is 0.263. The van der Waals surface area contributed by atoms with Gasteiger partial charge in [0.15, 0.2) is 6.61 Å². The van der Waals surface area contributed by atoms with Crippen LogP contribution in [0.3, 0.4) is 0 Å². The molecule has 2 aromatic rings. The number of carbonyl (C=O) groups is 2. The Hall–Kier alpha value is -2.54. The summed E-state index contributed by atoms with van der Waals surface area (Å²) in [4.78, 5) is 24.5. The maximum Gasteiger partial charge on any atom is 0.346 e. The maximum absolute atomic E-state index is 12.4. The largest absolute Gasteiger partial charge is 0.496 e. The number of carbonyl (C=O) groups excluding carboxylic acids is 2. The Kier molecular flexibility index (Phi) is 7.03. The average Bonchev–Trinajstić information content (AvgIpc) is 2.66. The highest BCUT2D eigenvalue weighted by Gasteiger charge is 2.20. The zero-order valence-corrected chi connectivity index (χ0v) is 16.4. The fourth-order valence-electron chi connectivity index (χ4n) is 2.42. The summed E-state index contributed by atoms with van der Waals surface area (Å²) in [5, 5.41) is 2.75. The highest BCUT2D eigenvalue weighted by molar-refractivity contribution is 9.10. The molecule has 0 atom stereocenters. The van der Waals surface area contributed by atoms with E-state index in [2.05, 4.69) is 21.2 Å². The fourth-order valence-corrected chi connectivity index (χ4v) is 2.83. The van der Waals surface area contributed by atoms with E-state index in [0.717, 1.165) is 16.5 Å². The number of hydrogen-bond donors (Lipinski definition) is 1. The second-order valence-corrected chi connectivity index (χ2v) is 6.23. The van der Waals surface area contributed by atoms with Gasteiger partial charge in [-0.25, -0.2) is 4.79 Å². The van der Waals surface area contributed by atoms with Crippen molar-refractivity contribution < 1.29 is 23.8 Å². The molecule has 0 unspecified atom stereocenters. The zero-order chi connectivity index (χ0) is 19.1. The predicted octanol–water partition coefficient (Wildman–Crippen LogP) is 3.82. The Morgan fingerprint density at radius 3 is 2.31 bits per heavy atom. The topological polar surface area (TPSA) is 73.9 Å². The van der Waals surface area contributed by atoms with E-state index in [-0.39, 0.29) is 5.56 Å². The lowest BCUT2D eigenvalue weighted by Crippen LogP contribution is -2.22. The van der Waals surface area contributed by atoms with Gasteiger partial charge >= 0.3 is 5.97 Å². The molecule has 0 aliphatic carbocycles. The van der Waals surface area contributed by atoms with E-state index in [4.69, 9.17) is 14.2 Å². The van der Waals surface area contributed by atoms with Gasteiger partial charge in [0.2, 0.25) is 0 Å². The summed E-state index contributed by atoms with van der Waals surface area (Å²) in [6.07, 6.45) is 0.757. The number of aryl methyl sites for hydroxylation is 1. The Morgan fingerprint density at radius 1 is 1.08 bits per heavy atom. The van der Waals surface area contributed by atoms with Crippen LogP contribution >= 0.6 is 15.9 Å². The molecule has 2 aromatic carbocycles. The van der Waals surface area contributed by atoms with E-state index in [1.165, 1.54) is 14.2 Å². The molecule has 0 aliphatic heterocycles. The molecule has 0 heterocycles. The number of benzene rings is 2. The van der Waals surface area contributed by atoms with Gasteiger partial charge in [0, 0.05) is 10.2 Å². The average molecular weight is 422 g/mol. The summed E-state index contributed by atoms with van der Waals surface area (Å²) < 4.78 is 16.4. The molecule has 0 aromatic heterocycles. The van der Waals surface area contributed by atoms with E-state index >= 15 is 0 Å². The third-order valence-corrected chi connectivity index (χ3v) is 4.18. The number of amides is 1. The van der Waals surface area contributed by atoms with Gasteiger partial charge < -0.3 is 19.5 Å². The molecule has 0 saturated heterocycles. The van der Waals surface area contributed by atoms with E-state index in [1.807, 2.05) is 19.1 Å². The molecule has 1 N–H and O–H groups in total. The number of methoxy groups -OCH3 is 2. The van der Waals surface area contributed by atoms with Crippen LogP contribution in [-0.4, -0.2) is 32.7 Å². The minimum Gasteiger partial charge on any atom is -0.496 e. The summed E-state index contributed by atoms with van der Waals surface area (Å²) in [5.74, 6) is -0.489. The third kappa shape index (κ3) is 4.76. The second-order valence-electron chi connectivity index (χ2n) is 5.32. The van der Waals surface area contributed by atoms with Crippen LogP contribution in [0.25, 0.3) is 0 Å². The van der Waals surface area contributed by atoms with Crippen LogP contribution in [0.15, 0.2) is 40.9 Å². The van der Waals surface area contributed by atoms with Crippen molar-refractivity contribution in [3.05, 3.63) is 52.0 Å². The van der Waals surface area contributed by atoms with Crippen LogP contribution in [0.1, 0.15) is 22.8 Å². The number of halogens is 1. The first-order chi connectivity index (χ1) is 12.5. The lowest BCUT2D eigenvalue weighted by Gasteiger charge is -2.13. The molecule has 26 heavy (non-hydrogen) atoms. The monoisotopic (exact) mass is 421 g/mol. The SMILES string of the molecule is CCc1cc(Br)ccc1NC(=O)COC(=O)c1c(OC)cccc1OC. The van der Waals surface area contributed by atoms with Crippen molar-refractivity contribution in [2.45, 2.75) is 13.3 Å². The molecule has 0 saturated carbocycles. The first-order valence-electron chi connectivity index (χ1n) is 7.96. The normalized spacial score (nSPS) is 10.2. The summed E-state index contributed by atoms with van der Waals surface area (Å²) in [6, 6.07) is 10.5. The van der Waals surface area contributed by atoms with Crippen LogP contribution in [0.2, 0.25) is 0 Å². The van der Waals surface area contributed by atoms with Crippen molar-refractivity contribution in [1.29, 1.82) is 0 Å². The van der Waals surface area contributed by atoms with Crippen LogP contribution in [0, 0.1) is 0 Å². The number of nitrogens with one attached hydrogen (secondary N) is 1. The van der Waals surface area contributed by atoms with Crippen LogP contribution in [0.5, 0.6) is 11.5 Å². The van der Waals surface area contributed by atoms with Crippen LogP contribution < -0.4 is 14.8 Å². The van der Waals surface area contributed by atoms with E-state index in [9.17, 15) is 9.59 Å². The Labute approximate surface area is 160 Å². The standard InChI is InChI=1S/C19H20BrNO5/c1-4-12-10-13(20)8-9-14(12)21-17(22)11-26-19(23)18-15(24-2)6-5-7-16(18)25-3/h5-10H,4,11H2,1-3H3,(H,21,22). The molecule has 7 heteroatoms. The number of hydrogen-bond acceptors (Lipinski definition) is 5. The molecule has 0 spiro atoms. The first-order valence-corrected chi connectivity index (χ1v) is 8.75. The molecule has 2 rings (SSSR count). The molecule has 1 amide bonds. The van der Waals surface area contributed by atoms with Crippen molar-refractivity contribution >= 4 is 33.5 Å². The Morgan fingerprint density at radius 2 is 1.73 bits per heavy atom. The molecular formula is C19H20BrNO5. The van der Waals surface area contributed by atoms with Crippen molar-refractivity contribution in [3.63, 3.8) is 0 Å². The predicted molar refractivity (Wildman–Crippen MR) is 102 cm³/mol. The molecule has 0 fully saturated rings. The van der Waals surface area contributed by atoms with Gasteiger partial charge in [-0.2, -0.15) is 0 Å². The van der Waals surface area contributed by atoms with Gasteiger partial charge in [0.25, 0.3) is 5.91 Å². The molecule has 0 bridgehead atoms. The van der Waals surface area contributed by atoms with Crippen LogP contribution in [-0.2, 0) is 16.0 Å². The van der Waals surface area contributed by atoms with Gasteiger partial charge in [0.1, 0.15) is 17.1 Å². The van der Waals surface area contributed by atoms with E-state index < -0.39 is 18.5 Å². The van der Waals surface area contributed by atoms with E-state index in [0.29, 0.717) is 17.2 Å². The first kappa shape index (κ1) is 19.8. The smallest absolute Gasteiger partial charge is 0.346 e. The third-order valence-electron chi connectivity index (χ3n) is 3.69. The zero-order valence-electron chi connectivity index (χ0n) is 14.8. The number of esters is 1. The quantitative estimate of drug-likeness (QED) is 0.687. The van der Waals surface area contributed by atoms with Crippen molar-refractivity contribution in [1.82, 2.24) is 0 Å². The highest BCUT2D eigenvalue weighted by Crippen LogP contribution is 2.29.